The molecule has 2 heterocycles. The molecule has 2 aromatic rings. The Labute approximate surface area is 146 Å². The van der Waals surface area contributed by atoms with Crippen molar-refractivity contribution in [1.29, 1.82) is 0 Å². The first-order chi connectivity index (χ1) is 12.2. The Hall–Kier alpha value is -2.48. The first kappa shape index (κ1) is 17.3. The smallest absolute Gasteiger partial charge is 0.260 e. The SMILES string of the molecule is CN(CC[C@@H]1CCCCO1)C(=O)COc1cccc(-n2cnnn2)c1. The van der Waals surface area contributed by atoms with Crippen LogP contribution >= 0.6 is 0 Å². The number of nitrogens with zero attached hydrogens (tertiary/aromatic N) is 5. The molecular weight excluding hydrogens is 322 g/mol. The van der Waals surface area contributed by atoms with E-state index in [1.54, 1.807) is 24.1 Å². The molecular formula is C17H23N5O3. The number of amides is 1. The summed E-state index contributed by atoms with van der Waals surface area (Å²) in [6.07, 6.45) is 6.09. The molecule has 1 aliphatic heterocycles. The van der Waals surface area contributed by atoms with Gasteiger partial charge in [-0.3, -0.25) is 4.79 Å². The lowest BCUT2D eigenvalue weighted by Crippen LogP contribution is -2.34. The standard InChI is InChI=1S/C17H23N5O3/c1-21(9-8-15-6-2-3-10-24-15)17(23)12-25-16-7-4-5-14(11-16)22-13-18-19-20-22/h4-5,7,11,13,15H,2-3,6,8-10,12H2,1H3/t15-/m0/s1. The summed E-state index contributed by atoms with van der Waals surface area (Å²) in [5.74, 6) is 0.550. The monoisotopic (exact) mass is 345 g/mol. The number of aromatic nitrogens is 4. The first-order valence-electron chi connectivity index (χ1n) is 8.54. The van der Waals surface area contributed by atoms with Crippen molar-refractivity contribution in [3.05, 3.63) is 30.6 Å². The van der Waals surface area contributed by atoms with Gasteiger partial charge in [0.15, 0.2) is 6.61 Å². The van der Waals surface area contributed by atoms with Crippen molar-refractivity contribution in [3.8, 4) is 11.4 Å². The maximum absolute atomic E-state index is 12.2. The van der Waals surface area contributed by atoms with E-state index in [0.29, 0.717) is 12.3 Å². The fourth-order valence-corrected chi connectivity index (χ4v) is 2.75. The second-order valence-electron chi connectivity index (χ2n) is 6.13. The van der Waals surface area contributed by atoms with E-state index in [-0.39, 0.29) is 18.6 Å². The lowest BCUT2D eigenvalue weighted by Gasteiger charge is -2.25. The van der Waals surface area contributed by atoms with Gasteiger partial charge in [0.2, 0.25) is 0 Å². The fourth-order valence-electron chi connectivity index (χ4n) is 2.75. The molecule has 0 bridgehead atoms. The summed E-state index contributed by atoms with van der Waals surface area (Å²) in [6, 6.07) is 7.29. The van der Waals surface area contributed by atoms with Crippen molar-refractivity contribution in [1.82, 2.24) is 25.1 Å². The van der Waals surface area contributed by atoms with Gasteiger partial charge >= 0.3 is 0 Å². The van der Waals surface area contributed by atoms with Crippen LogP contribution in [0.1, 0.15) is 25.7 Å². The van der Waals surface area contributed by atoms with E-state index in [2.05, 4.69) is 15.5 Å². The molecule has 0 N–H and O–H groups in total. The molecule has 0 saturated carbocycles. The average Bonchev–Trinajstić information content (AvgIpc) is 3.20. The van der Waals surface area contributed by atoms with Crippen molar-refractivity contribution in [3.63, 3.8) is 0 Å². The van der Waals surface area contributed by atoms with Crippen LogP contribution in [0.4, 0.5) is 0 Å². The predicted octanol–water partition coefficient (Wildman–Crippen LogP) is 1.46. The third-order valence-corrected chi connectivity index (χ3v) is 4.28. The quantitative estimate of drug-likeness (QED) is 0.755. The Morgan fingerprint density at radius 2 is 2.36 bits per heavy atom. The van der Waals surface area contributed by atoms with Gasteiger partial charge in [-0.05, 0) is 48.2 Å². The van der Waals surface area contributed by atoms with E-state index in [0.717, 1.165) is 31.6 Å². The van der Waals surface area contributed by atoms with E-state index in [1.165, 1.54) is 17.4 Å². The second-order valence-corrected chi connectivity index (χ2v) is 6.13. The highest BCUT2D eigenvalue weighted by molar-refractivity contribution is 5.77. The summed E-state index contributed by atoms with van der Waals surface area (Å²) in [6.45, 7) is 1.52. The maximum Gasteiger partial charge on any atom is 0.260 e. The maximum atomic E-state index is 12.2. The number of carbonyl (C=O) groups is 1. The van der Waals surface area contributed by atoms with Crippen LogP contribution in [0.3, 0.4) is 0 Å². The zero-order valence-electron chi connectivity index (χ0n) is 14.4. The molecule has 1 fully saturated rings. The van der Waals surface area contributed by atoms with E-state index < -0.39 is 0 Å². The molecule has 1 atom stereocenters. The van der Waals surface area contributed by atoms with Crippen molar-refractivity contribution >= 4 is 5.91 Å². The van der Waals surface area contributed by atoms with Gasteiger partial charge in [-0.2, -0.15) is 0 Å². The normalized spacial score (nSPS) is 17.2. The minimum Gasteiger partial charge on any atom is -0.484 e. The summed E-state index contributed by atoms with van der Waals surface area (Å²) in [4.78, 5) is 13.9. The number of tetrazole rings is 1. The Bertz CT molecular complexity index is 671. The van der Waals surface area contributed by atoms with Crippen LogP contribution in [0.2, 0.25) is 0 Å². The molecule has 0 spiro atoms. The molecule has 1 aromatic carbocycles. The minimum absolute atomic E-state index is 0.00108. The molecule has 0 unspecified atom stereocenters. The highest BCUT2D eigenvalue weighted by atomic mass is 16.5. The second kappa shape index (κ2) is 8.57. The number of rotatable bonds is 7. The number of carbonyl (C=O) groups excluding carboxylic acids is 1. The molecule has 1 aliphatic rings. The van der Waals surface area contributed by atoms with Crippen LogP contribution in [0.15, 0.2) is 30.6 Å². The molecule has 8 heteroatoms. The molecule has 1 saturated heterocycles. The van der Waals surface area contributed by atoms with Crippen LogP contribution in [0.5, 0.6) is 5.75 Å². The molecule has 8 nitrogen and oxygen atoms in total. The van der Waals surface area contributed by atoms with Gasteiger partial charge in [0.25, 0.3) is 5.91 Å². The van der Waals surface area contributed by atoms with Crippen molar-refractivity contribution < 1.29 is 14.3 Å². The summed E-state index contributed by atoms with van der Waals surface area (Å²) < 4.78 is 12.8. The molecule has 25 heavy (non-hydrogen) atoms. The molecule has 0 aliphatic carbocycles. The van der Waals surface area contributed by atoms with Crippen molar-refractivity contribution in [2.45, 2.75) is 31.8 Å². The summed E-state index contributed by atoms with van der Waals surface area (Å²) in [5.41, 5.74) is 0.776. The van der Waals surface area contributed by atoms with Gasteiger partial charge in [-0.1, -0.05) is 6.07 Å². The topological polar surface area (TPSA) is 82.4 Å². The van der Waals surface area contributed by atoms with E-state index in [4.69, 9.17) is 9.47 Å². The van der Waals surface area contributed by atoms with Gasteiger partial charge in [0.1, 0.15) is 12.1 Å². The van der Waals surface area contributed by atoms with Gasteiger partial charge in [0, 0.05) is 26.3 Å². The number of hydrogen-bond donors (Lipinski definition) is 0. The van der Waals surface area contributed by atoms with Crippen LogP contribution < -0.4 is 4.74 Å². The Balaban J connectivity index is 1.46. The first-order valence-corrected chi connectivity index (χ1v) is 8.54. The zero-order valence-corrected chi connectivity index (χ0v) is 14.4. The number of hydrogen-bond acceptors (Lipinski definition) is 6. The third kappa shape index (κ3) is 4.99. The van der Waals surface area contributed by atoms with Gasteiger partial charge in [0.05, 0.1) is 11.8 Å². The van der Waals surface area contributed by atoms with Crippen molar-refractivity contribution in [2.24, 2.45) is 0 Å². The summed E-state index contributed by atoms with van der Waals surface area (Å²) >= 11 is 0. The number of ether oxygens (including phenoxy) is 2. The molecule has 0 radical (unpaired) electrons. The fraction of sp³-hybridized carbons (Fsp3) is 0.529. The van der Waals surface area contributed by atoms with E-state index in [1.807, 2.05) is 12.1 Å². The van der Waals surface area contributed by atoms with E-state index in [9.17, 15) is 4.79 Å². The highest BCUT2D eigenvalue weighted by Gasteiger charge is 2.16. The lowest BCUT2D eigenvalue weighted by atomic mass is 10.1. The van der Waals surface area contributed by atoms with Crippen LogP contribution in [0, 0.1) is 0 Å². The zero-order chi connectivity index (χ0) is 17.5. The van der Waals surface area contributed by atoms with Gasteiger partial charge < -0.3 is 14.4 Å². The largest absolute Gasteiger partial charge is 0.484 e. The van der Waals surface area contributed by atoms with E-state index >= 15 is 0 Å². The van der Waals surface area contributed by atoms with Crippen molar-refractivity contribution in [2.75, 3.05) is 26.8 Å². The summed E-state index contributed by atoms with van der Waals surface area (Å²) in [7, 11) is 1.80. The Kier molecular flexibility index (Phi) is 5.95. The molecule has 3 rings (SSSR count). The highest BCUT2D eigenvalue weighted by Crippen LogP contribution is 2.17. The molecule has 1 amide bonds. The number of benzene rings is 1. The Morgan fingerprint density at radius 3 is 3.12 bits per heavy atom. The minimum atomic E-state index is -0.0522. The molecule has 134 valence electrons. The van der Waals surface area contributed by atoms with Crippen LogP contribution in [-0.4, -0.2) is 63.9 Å². The van der Waals surface area contributed by atoms with Crippen LogP contribution in [0.25, 0.3) is 5.69 Å². The predicted molar refractivity (Wildman–Crippen MR) is 90.5 cm³/mol. The molecule has 1 aromatic heterocycles. The number of likely N-dealkylation sites (N-methyl/N-ethyl adjacent to an activating group) is 1. The van der Waals surface area contributed by atoms with Crippen LogP contribution in [-0.2, 0) is 9.53 Å². The van der Waals surface area contributed by atoms with Gasteiger partial charge in [-0.15, -0.1) is 5.10 Å². The summed E-state index contributed by atoms with van der Waals surface area (Å²) in [5, 5.41) is 11.0. The van der Waals surface area contributed by atoms with Gasteiger partial charge in [-0.25, -0.2) is 4.68 Å². The Morgan fingerprint density at radius 1 is 1.44 bits per heavy atom. The average molecular weight is 345 g/mol. The lowest BCUT2D eigenvalue weighted by molar-refractivity contribution is -0.132. The third-order valence-electron chi connectivity index (χ3n) is 4.28.